The van der Waals surface area contributed by atoms with Crippen molar-refractivity contribution in [2.75, 3.05) is 0 Å². The van der Waals surface area contributed by atoms with E-state index in [1.165, 1.54) is 25.7 Å². The fourth-order valence-corrected chi connectivity index (χ4v) is 8.74. The summed E-state index contributed by atoms with van der Waals surface area (Å²) in [6.45, 7) is 9.96. The molecule has 106 valence electrons. The van der Waals surface area contributed by atoms with Crippen molar-refractivity contribution in [3.63, 3.8) is 0 Å². The van der Waals surface area contributed by atoms with Gasteiger partial charge < -0.3 is 9.90 Å². The number of hydrogen-bond donors (Lipinski definition) is 0. The van der Waals surface area contributed by atoms with Crippen molar-refractivity contribution < 1.29 is 9.90 Å². The summed E-state index contributed by atoms with van der Waals surface area (Å²) in [5.74, 6) is -1.23. The fraction of sp³-hybridized carbons (Fsp3) is 0.800. The Morgan fingerprint density at radius 3 is 1.67 bits per heavy atom. The van der Waals surface area contributed by atoms with E-state index in [1.54, 1.807) is 26.2 Å². The molecule has 0 aliphatic heterocycles. The Kier molecular flexibility index (Phi) is 19.2. The quantitative estimate of drug-likeness (QED) is 0.337. The maximum atomic E-state index is 9.14. The van der Waals surface area contributed by atoms with Crippen LogP contribution in [0, 0.1) is 0 Å². The molecule has 0 aliphatic carbocycles. The van der Waals surface area contributed by atoms with Crippen molar-refractivity contribution in [2.24, 2.45) is 0 Å². The fourth-order valence-electron chi connectivity index (χ4n) is 1.73. The molecule has 0 heterocycles. The molecule has 3 heteroatoms. The van der Waals surface area contributed by atoms with Crippen LogP contribution in [0.25, 0.3) is 0 Å². The summed E-state index contributed by atoms with van der Waals surface area (Å²) in [4.78, 5) is 9.14. The molecular formula is C15H30O2Sn. The average molecular weight is 361 g/mol. The van der Waals surface area contributed by atoms with Crippen LogP contribution in [0.3, 0.4) is 0 Å². The van der Waals surface area contributed by atoms with Gasteiger partial charge >= 0.3 is 92.4 Å². The molecule has 0 saturated carbocycles. The van der Waals surface area contributed by atoms with Gasteiger partial charge in [-0.1, -0.05) is 6.58 Å². The van der Waals surface area contributed by atoms with Gasteiger partial charge in [-0.05, 0) is 6.08 Å². The van der Waals surface area contributed by atoms with Gasteiger partial charge in [0.15, 0.2) is 0 Å². The topological polar surface area (TPSA) is 40.1 Å². The number of aliphatic carboxylic acids is 1. The van der Waals surface area contributed by atoms with Gasteiger partial charge in [-0.2, -0.15) is 0 Å². The Labute approximate surface area is 121 Å². The van der Waals surface area contributed by atoms with E-state index < -0.39 is 25.7 Å². The van der Waals surface area contributed by atoms with E-state index in [9.17, 15) is 0 Å². The van der Waals surface area contributed by atoms with Crippen molar-refractivity contribution in [1.29, 1.82) is 0 Å². The van der Waals surface area contributed by atoms with Gasteiger partial charge in [0.2, 0.25) is 0 Å². The summed E-state index contributed by atoms with van der Waals surface area (Å²) in [6, 6.07) is 0. The van der Waals surface area contributed by atoms with Crippen LogP contribution in [0.5, 0.6) is 0 Å². The molecule has 0 bridgehead atoms. The molecule has 0 atom stereocenters. The molecular weight excluding hydrogens is 331 g/mol. The van der Waals surface area contributed by atoms with Crippen LogP contribution in [0.4, 0.5) is 0 Å². The van der Waals surface area contributed by atoms with Crippen molar-refractivity contribution in [1.82, 2.24) is 0 Å². The van der Waals surface area contributed by atoms with Crippen molar-refractivity contribution in [3.8, 4) is 0 Å². The van der Waals surface area contributed by atoms with Gasteiger partial charge in [0.05, 0.1) is 5.97 Å². The van der Waals surface area contributed by atoms with E-state index in [-0.39, 0.29) is 0 Å². The number of carbonyl (C=O) groups excluding carboxylic acids is 1. The van der Waals surface area contributed by atoms with E-state index >= 15 is 0 Å². The van der Waals surface area contributed by atoms with Crippen molar-refractivity contribution in [3.05, 3.63) is 12.7 Å². The molecule has 0 aliphatic rings. The van der Waals surface area contributed by atoms with E-state index in [1.807, 2.05) is 0 Å². The number of rotatable bonds is 10. The van der Waals surface area contributed by atoms with E-state index in [0.29, 0.717) is 0 Å². The molecule has 2 nitrogen and oxygen atoms in total. The van der Waals surface area contributed by atoms with Crippen LogP contribution < -0.4 is 5.11 Å². The van der Waals surface area contributed by atoms with Crippen LogP contribution in [0.15, 0.2) is 12.7 Å². The molecule has 18 heavy (non-hydrogen) atoms. The monoisotopic (exact) mass is 362 g/mol. The first kappa shape index (κ1) is 20.3. The third kappa shape index (κ3) is 18.4. The minimum absolute atomic E-state index is 0.722. The summed E-state index contributed by atoms with van der Waals surface area (Å²) in [6.07, 6.45) is 9.58. The standard InChI is InChI=1S/2C5H11.C3H4O2.C2H5.Sn/c2*1-3-5-4-2;1-2-3(4)5;1-2;/h2*1,3-5H2,2H3;2H,1H2,(H,4,5);1H2,2H3;/q;;;;+1/p-1. The zero-order chi connectivity index (χ0) is 14.2. The second kappa shape index (κ2) is 17.0. The molecule has 0 N–H and O–H groups in total. The van der Waals surface area contributed by atoms with Gasteiger partial charge in [-0.15, -0.1) is 0 Å². The van der Waals surface area contributed by atoms with Crippen LogP contribution in [0.2, 0.25) is 13.3 Å². The van der Waals surface area contributed by atoms with E-state index in [2.05, 4.69) is 27.4 Å². The Morgan fingerprint density at radius 2 is 1.44 bits per heavy atom. The minimum atomic E-state index is -1.23. The normalized spacial score (nSPS) is 9.28. The first-order valence-corrected chi connectivity index (χ1v) is 13.3. The Hall–Kier alpha value is 0.00870. The molecule has 0 fully saturated rings. The Bertz CT molecular complexity index is 183. The summed E-state index contributed by atoms with van der Waals surface area (Å²) >= 11 is -0.818. The summed E-state index contributed by atoms with van der Waals surface area (Å²) in [5.41, 5.74) is 0. The molecule has 0 amide bonds. The number of carbonyl (C=O) groups is 1. The molecule has 0 rings (SSSR count). The number of unbranched alkanes of at least 4 members (excludes halogenated alkanes) is 4. The first-order valence-electron chi connectivity index (χ1n) is 7.29. The van der Waals surface area contributed by atoms with Gasteiger partial charge in [0, 0.05) is 0 Å². The zero-order valence-electron chi connectivity index (χ0n) is 12.5. The van der Waals surface area contributed by atoms with Gasteiger partial charge in [0.1, 0.15) is 0 Å². The summed E-state index contributed by atoms with van der Waals surface area (Å²) in [5, 5.41) is 9.14. The van der Waals surface area contributed by atoms with Gasteiger partial charge in [-0.25, -0.2) is 0 Å². The molecule has 0 aromatic rings. The third-order valence-electron chi connectivity index (χ3n) is 2.93. The van der Waals surface area contributed by atoms with Crippen LogP contribution in [-0.4, -0.2) is 25.7 Å². The predicted molar refractivity (Wildman–Crippen MR) is 80.1 cm³/mol. The van der Waals surface area contributed by atoms with E-state index in [0.717, 1.165) is 6.08 Å². The second-order valence-corrected chi connectivity index (χ2v) is 13.7. The molecule has 0 unspecified atom stereocenters. The number of hydrogen-bond acceptors (Lipinski definition) is 2. The summed E-state index contributed by atoms with van der Waals surface area (Å²) in [7, 11) is 0. The zero-order valence-corrected chi connectivity index (χ0v) is 15.3. The number of carboxylic acid groups (broad SMARTS) is 1. The summed E-state index contributed by atoms with van der Waals surface area (Å²) < 4.78 is 4.95. The Balaban J connectivity index is 0. The Morgan fingerprint density at radius 1 is 1.06 bits per heavy atom. The van der Waals surface area contributed by atoms with Crippen LogP contribution in [0.1, 0.15) is 59.3 Å². The first-order chi connectivity index (χ1) is 8.62. The number of carboxylic acids is 1. The molecule has 0 spiro atoms. The average Bonchev–Trinajstić information content (AvgIpc) is 2.38. The van der Waals surface area contributed by atoms with E-state index in [4.69, 9.17) is 9.90 Å². The van der Waals surface area contributed by atoms with Gasteiger partial charge in [0.25, 0.3) is 0 Å². The molecule has 0 radical (unpaired) electrons. The van der Waals surface area contributed by atoms with Crippen LogP contribution in [-0.2, 0) is 4.79 Å². The second-order valence-electron chi connectivity index (χ2n) is 4.54. The predicted octanol–water partition coefficient (Wildman–Crippen LogP) is 3.80. The van der Waals surface area contributed by atoms with Crippen molar-refractivity contribution >= 4 is 25.7 Å². The third-order valence-corrected chi connectivity index (χ3v) is 11.8. The van der Waals surface area contributed by atoms with Gasteiger partial charge in [-0.3, -0.25) is 0 Å². The van der Waals surface area contributed by atoms with Crippen LogP contribution >= 0.6 is 0 Å². The molecule has 0 saturated heterocycles. The molecule has 0 aromatic heterocycles. The maximum absolute atomic E-state index is 9.14. The molecule has 0 aromatic carbocycles. The SMILES string of the molecule is C=CC(=O)[O-].CCCC[CH2][Sn+]([CH2]C)[CH2]CCCC. The van der Waals surface area contributed by atoms with Crippen molar-refractivity contribution in [2.45, 2.75) is 72.6 Å².